The van der Waals surface area contributed by atoms with Crippen molar-refractivity contribution in [1.82, 2.24) is 0 Å². The predicted octanol–water partition coefficient (Wildman–Crippen LogP) is 4.43. The molecule has 1 nitrogen and oxygen atoms in total. The summed E-state index contributed by atoms with van der Waals surface area (Å²) in [5.74, 6) is 0.295. The van der Waals surface area contributed by atoms with E-state index in [1.54, 1.807) is 12.1 Å². The van der Waals surface area contributed by atoms with Crippen molar-refractivity contribution in [2.45, 2.75) is 13.3 Å². The van der Waals surface area contributed by atoms with Gasteiger partial charge in [-0.25, -0.2) is 0 Å². The predicted molar refractivity (Wildman–Crippen MR) is 97.6 cm³/mol. The Labute approximate surface area is 134 Å². The lowest BCUT2D eigenvalue weighted by molar-refractivity contribution is 0.475. The second-order valence-electron chi connectivity index (χ2n) is 5.15. The summed E-state index contributed by atoms with van der Waals surface area (Å²) in [4.78, 5) is 0. The van der Waals surface area contributed by atoms with Crippen molar-refractivity contribution in [3.05, 3.63) is 64.9 Å². The Hall–Kier alpha value is -2.32. The molecule has 0 saturated heterocycles. The first-order valence-electron chi connectivity index (χ1n) is 7.32. The first kappa shape index (κ1) is 14.6. The van der Waals surface area contributed by atoms with Crippen molar-refractivity contribution in [3.8, 4) is 16.9 Å². The molecule has 0 fully saturated rings. The average Bonchev–Trinajstić information content (AvgIpc) is 2.90. The van der Waals surface area contributed by atoms with Crippen LogP contribution < -0.4 is 9.75 Å². The Kier molecular flexibility index (Phi) is 4.12. The second kappa shape index (κ2) is 6.20. The molecule has 110 valence electrons. The topological polar surface area (TPSA) is 20.2 Å². The van der Waals surface area contributed by atoms with E-state index in [4.69, 9.17) is 0 Å². The van der Waals surface area contributed by atoms with E-state index >= 15 is 0 Å². The molecule has 0 amide bonds. The van der Waals surface area contributed by atoms with E-state index in [1.807, 2.05) is 29.5 Å². The van der Waals surface area contributed by atoms with Crippen LogP contribution in [0.1, 0.15) is 13.3 Å². The van der Waals surface area contributed by atoms with E-state index in [9.17, 15) is 5.11 Å². The maximum Gasteiger partial charge on any atom is 0.115 e. The summed E-state index contributed by atoms with van der Waals surface area (Å²) in [6.07, 6.45) is 7.20. The molecule has 22 heavy (non-hydrogen) atoms. The highest BCUT2D eigenvalue weighted by Crippen LogP contribution is 2.25. The maximum absolute atomic E-state index is 9.43. The van der Waals surface area contributed by atoms with Crippen molar-refractivity contribution in [1.29, 1.82) is 0 Å². The number of hydrogen-bond acceptors (Lipinski definition) is 2. The van der Waals surface area contributed by atoms with E-state index < -0.39 is 0 Å². The van der Waals surface area contributed by atoms with Gasteiger partial charge in [0, 0.05) is 14.6 Å². The summed E-state index contributed by atoms with van der Waals surface area (Å²) >= 11 is 1.82. The number of hydrogen-bond donors (Lipinski definition) is 1. The van der Waals surface area contributed by atoms with Crippen LogP contribution in [0.4, 0.5) is 0 Å². The highest BCUT2D eigenvalue weighted by Gasteiger charge is 2.04. The Bertz CT molecular complexity index is 930. The Morgan fingerprint density at radius 1 is 1.09 bits per heavy atom. The molecule has 0 radical (unpaired) electrons. The zero-order valence-corrected chi connectivity index (χ0v) is 13.4. The summed E-state index contributed by atoms with van der Waals surface area (Å²) in [7, 11) is 0. The zero-order valence-electron chi connectivity index (χ0n) is 12.5. The molecule has 2 heteroatoms. The standard InChI is InChI=1S/C20H18OS/c1-3-5-6-17-18-13-15(14-7-10-16(21)11-8-14)9-12-20(18)22-19(17)4-2/h3-4,6-13,21H,1,5H2,2H3/b17-6?,19-4+. The highest BCUT2D eigenvalue weighted by atomic mass is 32.1. The molecule has 0 aliphatic rings. The molecule has 1 heterocycles. The van der Waals surface area contributed by atoms with Crippen molar-refractivity contribution in [2.24, 2.45) is 0 Å². The minimum atomic E-state index is 0.295. The van der Waals surface area contributed by atoms with Gasteiger partial charge in [0.15, 0.2) is 0 Å². The quantitative estimate of drug-likeness (QED) is 0.710. The molecule has 1 aromatic heterocycles. The van der Waals surface area contributed by atoms with Gasteiger partial charge in [-0.3, -0.25) is 0 Å². The molecule has 0 atom stereocenters. The summed E-state index contributed by atoms with van der Waals surface area (Å²) in [6, 6.07) is 13.9. The molecular weight excluding hydrogens is 288 g/mol. The fourth-order valence-electron chi connectivity index (χ4n) is 2.60. The molecule has 0 aliphatic carbocycles. The van der Waals surface area contributed by atoms with Crippen LogP contribution in [0.2, 0.25) is 0 Å². The molecule has 0 aliphatic heterocycles. The third-order valence-electron chi connectivity index (χ3n) is 3.71. The highest BCUT2D eigenvalue weighted by molar-refractivity contribution is 7.17. The van der Waals surface area contributed by atoms with Gasteiger partial charge in [-0.1, -0.05) is 36.4 Å². The Morgan fingerprint density at radius 2 is 1.82 bits per heavy atom. The lowest BCUT2D eigenvalue weighted by Crippen LogP contribution is -2.17. The first-order chi connectivity index (χ1) is 10.7. The summed E-state index contributed by atoms with van der Waals surface area (Å²) in [6.45, 7) is 5.89. The molecule has 0 unspecified atom stereocenters. The third kappa shape index (κ3) is 2.70. The van der Waals surface area contributed by atoms with E-state index in [0.29, 0.717) is 5.75 Å². The van der Waals surface area contributed by atoms with Crippen LogP contribution >= 0.6 is 11.3 Å². The number of fused-ring (bicyclic) bond motifs is 1. The molecule has 0 saturated carbocycles. The molecule has 3 aromatic rings. The van der Waals surface area contributed by atoms with Crippen LogP contribution in [-0.2, 0) is 0 Å². The van der Waals surface area contributed by atoms with Gasteiger partial charge in [0.25, 0.3) is 0 Å². The van der Waals surface area contributed by atoms with Gasteiger partial charge in [-0.05, 0) is 54.0 Å². The van der Waals surface area contributed by atoms with Crippen molar-refractivity contribution in [3.63, 3.8) is 0 Å². The van der Waals surface area contributed by atoms with Crippen LogP contribution in [0, 0.1) is 0 Å². The maximum atomic E-state index is 9.43. The van der Waals surface area contributed by atoms with Crippen LogP contribution in [0.5, 0.6) is 5.75 Å². The fraction of sp³-hybridized carbons (Fsp3) is 0.100. The first-order valence-corrected chi connectivity index (χ1v) is 8.14. The number of phenolic OH excluding ortho intramolecular Hbond substituents is 1. The van der Waals surface area contributed by atoms with Crippen molar-refractivity contribution >= 4 is 33.6 Å². The van der Waals surface area contributed by atoms with Crippen LogP contribution in [0.25, 0.3) is 33.4 Å². The van der Waals surface area contributed by atoms with E-state index in [1.165, 1.54) is 25.4 Å². The minimum Gasteiger partial charge on any atom is -0.508 e. The van der Waals surface area contributed by atoms with E-state index in [-0.39, 0.29) is 0 Å². The molecular formula is C20H18OS. The smallest absolute Gasteiger partial charge is 0.115 e. The lowest BCUT2D eigenvalue weighted by Gasteiger charge is -2.02. The SMILES string of the molecule is C=CCC=c1/c(=C\C)sc2ccc(-c3ccc(O)cc3)cc12. The normalized spacial score (nSPS) is 13.0. The zero-order chi connectivity index (χ0) is 15.5. The Morgan fingerprint density at radius 3 is 2.50 bits per heavy atom. The van der Waals surface area contributed by atoms with E-state index in [2.05, 4.69) is 43.9 Å². The van der Waals surface area contributed by atoms with Crippen molar-refractivity contribution < 1.29 is 5.11 Å². The molecule has 2 aromatic carbocycles. The van der Waals surface area contributed by atoms with Gasteiger partial charge in [-0.2, -0.15) is 0 Å². The summed E-state index contributed by atoms with van der Waals surface area (Å²) in [5, 5.41) is 12.0. The summed E-state index contributed by atoms with van der Waals surface area (Å²) < 4.78 is 2.60. The van der Waals surface area contributed by atoms with Gasteiger partial charge >= 0.3 is 0 Å². The Balaban J connectivity index is 2.24. The van der Waals surface area contributed by atoms with Crippen LogP contribution in [0.15, 0.2) is 55.1 Å². The summed E-state index contributed by atoms with van der Waals surface area (Å²) in [5.41, 5.74) is 2.28. The number of phenols is 1. The number of benzene rings is 2. The van der Waals surface area contributed by atoms with Gasteiger partial charge in [0.05, 0.1) is 0 Å². The number of allylic oxidation sites excluding steroid dienone is 1. The van der Waals surface area contributed by atoms with Gasteiger partial charge in [-0.15, -0.1) is 17.9 Å². The number of aromatic hydroxyl groups is 1. The van der Waals surface area contributed by atoms with Crippen LogP contribution in [0.3, 0.4) is 0 Å². The van der Waals surface area contributed by atoms with Gasteiger partial charge in [0.1, 0.15) is 5.75 Å². The molecule has 0 bridgehead atoms. The largest absolute Gasteiger partial charge is 0.508 e. The molecule has 0 spiro atoms. The molecule has 1 N–H and O–H groups in total. The minimum absolute atomic E-state index is 0.295. The number of thiophene rings is 1. The molecule has 3 rings (SSSR count). The van der Waals surface area contributed by atoms with Crippen LogP contribution in [-0.4, -0.2) is 5.11 Å². The fourth-order valence-corrected chi connectivity index (χ4v) is 3.67. The van der Waals surface area contributed by atoms with E-state index in [0.717, 1.165) is 12.0 Å². The third-order valence-corrected chi connectivity index (χ3v) is 4.96. The number of rotatable bonds is 3. The van der Waals surface area contributed by atoms with Gasteiger partial charge in [0.2, 0.25) is 0 Å². The van der Waals surface area contributed by atoms with Gasteiger partial charge < -0.3 is 5.11 Å². The average molecular weight is 306 g/mol. The van der Waals surface area contributed by atoms with Crippen molar-refractivity contribution in [2.75, 3.05) is 0 Å². The lowest BCUT2D eigenvalue weighted by atomic mass is 10.0. The monoisotopic (exact) mass is 306 g/mol. The second-order valence-corrected chi connectivity index (χ2v) is 6.24.